The lowest BCUT2D eigenvalue weighted by atomic mass is 9.83. The Balaban J connectivity index is 1.41. The third kappa shape index (κ3) is 3.75. The van der Waals surface area contributed by atoms with E-state index >= 15 is 0 Å². The normalized spacial score (nSPS) is 14.5. The number of anilines is 1. The third-order valence-corrected chi connectivity index (χ3v) is 5.74. The van der Waals surface area contributed by atoms with E-state index in [-0.39, 0.29) is 17.4 Å². The highest BCUT2D eigenvalue weighted by Crippen LogP contribution is 2.43. The van der Waals surface area contributed by atoms with Crippen LogP contribution in [0.3, 0.4) is 0 Å². The first-order valence-corrected chi connectivity index (χ1v) is 10.3. The molecule has 0 bridgehead atoms. The highest BCUT2D eigenvalue weighted by molar-refractivity contribution is 5.98. The number of carbonyl (C=O) groups excluding carboxylic acids is 1. The van der Waals surface area contributed by atoms with Crippen LogP contribution in [0.1, 0.15) is 25.0 Å². The van der Waals surface area contributed by atoms with Gasteiger partial charge in [-0.2, -0.15) is 5.10 Å². The predicted octanol–water partition coefficient (Wildman–Crippen LogP) is 5.17. The van der Waals surface area contributed by atoms with Gasteiger partial charge in [-0.3, -0.25) is 9.89 Å². The maximum Gasteiger partial charge on any atom is 0.586 e. The molecule has 0 atom stereocenters. The predicted molar refractivity (Wildman–Crippen MR) is 118 cm³/mol. The summed E-state index contributed by atoms with van der Waals surface area (Å²) in [7, 11) is 0. The summed E-state index contributed by atoms with van der Waals surface area (Å²) in [5, 5.41) is 10.8. The van der Waals surface area contributed by atoms with Crippen LogP contribution in [0.15, 0.2) is 54.7 Å². The lowest BCUT2D eigenvalue weighted by Crippen LogP contribution is -2.35. The Morgan fingerprint density at radius 3 is 2.67 bits per heavy atom. The summed E-state index contributed by atoms with van der Waals surface area (Å²) in [6.07, 6.45) is -1.97. The average Bonchev–Trinajstić information content (AvgIpc) is 3.35. The zero-order valence-electron chi connectivity index (χ0n) is 18.1. The number of alkyl halides is 2. The van der Waals surface area contributed by atoms with Gasteiger partial charge in [-0.15, -0.1) is 8.78 Å². The van der Waals surface area contributed by atoms with Gasteiger partial charge < -0.3 is 14.8 Å². The zero-order chi connectivity index (χ0) is 23.4. The lowest BCUT2D eigenvalue weighted by Gasteiger charge is -2.24. The standard InChI is InChI=1S/C24H20F2N4O3/c1-13-4-9-20(28-21(13)14-5-6-15-12-27-30-17(15)10-14)29-22(31)23(2,3)16-7-8-18-19(11-16)33-24(25,26)32-18/h4-12H,1-3H3,(H,27,30)(H,28,29,31). The zero-order valence-corrected chi connectivity index (χ0v) is 18.1. The molecule has 1 aliphatic heterocycles. The Morgan fingerprint density at radius 2 is 1.85 bits per heavy atom. The molecule has 2 N–H and O–H groups in total. The summed E-state index contributed by atoms with van der Waals surface area (Å²) >= 11 is 0. The number of hydrogen-bond acceptors (Lipinski definition) is 5. The fraction of sp³-hybridized carbons (Fsp3) is 0.208. The van der Waals surface area contributed by atoms with E-state index in [0.29, 0.717) is 11.4 Å². The maximum absolute atomic E-state index is 13.4. The summed E-state index contributed by atoms with van der Waals surface area (Å²) in [4.78, 5) is 17.8. The molecule has 2 aromatic carbocycles. The van der Waals surface area contributed by atoms with Gasteiger partial charge in [0.15, 0.2) is 11.5 Å². The number of aromatic nitrogens is 3. The SMILES string of the molecule is Cc1ccc(NC(=O)C(C)(C)c2ccc3c(c2)OC(F)(F)O3)nc1-c1ccc2cn[nH]c2c1. The number of aromatic amines is 1. The largest absolute Gasteiger partial charge is 0.586 e. The van der Waals surface area contributed by atoms with Gasteiger partial charge in [0, 0.05) is 10.9 Å². The van der Waals surface area contributed by atoms with Gasteiger partial charge in [-0.05, 0) is 56.2 Å². The monoisotopic (exact) mass is 450 g/mol. The van der Waals surface area contributed by atoms with Crippen LogP contribution in [0.25, 0.3) is 22.2 Å². The Bertz CT molecular complexity index is 1400. The van der Waals surface area contributed by atoms with Crippen molar-refractivity contribution >= 4 is 22.6 Å². The number of halogens is 2. The van der Waals surface area contributed by atoms with Gasteiger partial charge in [-0.25, -0.2) is 4.98 Å². The summed E-state index contributed by atoms with van der Waals surface area (Å²) in [5.41, 5.74) is 2.89. The molecule has 9 heteroatoms. The molecule has 0 fully saturated rings. The Labute approximate surface area is 187 Å². The molecule has 2 aromatic heterocycles. The molecule has 4 aromatic rings. The number of ether oxygens (including phenoxy) is 2. The molecule has 1 amide bonds. The molecule has 0 unspecified atom stereocenters. The quantitative estimate of drug-likeness (QED) is 0.448. The number of H-pyrrole nitrogens is 1. The fourth-order valence-electron chi connectivity index (χ4n) is 3.72. The molecule has 7 nitrogen and oxygen atoms in total. The summed E-state index contributed by atoms with van der Waals surface area (Å²) in [6.45, 7) is 5.33. The summed E-state index contributed by atoms with van der Waals surface area (Å²) in [6, 6.07) is 13.8. The van der Waals surface area contributed by atoms with Gasteiger partial charge in [0.25, 0.3) is 0 Å². The number of carbonyl (C=O) groups is 1. The molecule has 0 saturated carbocycles. The Hall–Kier alpha value is -4.01. The van der Waals surface area contributed by atoms with Gasteiger partial charge in [-0.1, -0.05) is 24.3 Å². The van der Waals surface area contributed by atoms with Crippen LogP contribution in [0.4, 0.5) is 14.6 Å². The van der Waals surface area contributed by atoms with E-state index in [4.69, 9.17) is 0 Å². The Kier molecular flexibility index (Phi) is 4.59. The third-order valence-electron chi connectivity index (χ3n) is 5.74. The first-order chi connectivity index (χ1) is 15.6. The number of nitrogens with one attached hydrogen (secondary N) is 2. The summed E-state index contributed by atoms with van der Waals surface area (Å²) in [5.74, 6) is -0.146. The van der Waals surface area contributed by atoms with Crippen LogP contribution >= 0.6 is 0 Å². The van der Waals surface area contributed by atoms with E-state index in [1.807, 2.05) is 31.2 Å². The number of hydrogen-bond donors (Lipinski definition) is 2. The number of fused-ring (bicyclic) bond motifs is 2. The van der Waals surface area contributed by atoms with Gasteiger partial charge in [0.1, 0.15) is 5.82 Å². The van der Waals surface area contributed by atoms with Crippen molar-refractivity contribution in [1.29, 1.82) is 0 Å². The smallest absolute Gasteiger partial charge is 0.395 e. The number of pyridine rings is 1. The van der Waals surface area contributed by atoms with Crippen molar-refractivity contribution in [3.63, 3.8) is 0 Å². The highest BCUT2D eigenvalue weighted by atomic mass is 19.3. The minimum absolute atomic E-state index is 0.0703. The molecular weight excluding hydrogens is 430 g/mol. The van der Waals surface area contributed by atoms with E-state index in [9.17, 15) is 13.6 Å². The van der Waals surface area contributed by atoms with E-state index in [2.05, 4.69) is 30.0 Å². The minimum atomic E-state index is -3.71. The van der Waals surface area contributed by atoms with Crippen LogP contribution in [-0.2, 0) is 10.2 Å². The van der Waals surface area contributed by atoms with Crippen molar-refractivity contribution in [2.24, 2.45) is 0 Å². The fourth-order valence-corrected chi connectivity index (χ4v) is 3.72. The van der Waals surface area contributed by atoms with Gasteiger partial charge in [0.2, 0.25) is 5.91 Å². The molecule has 5 rings (SSSR count). The van der Waals surface area contributed by atoms with Crippen molar-refractivity contribution in [2.75, 3.05) is 5.32 Å². The van der Waals surface area contributed by atoms with Crippen molar-refractivity contribution in [2.45, 2.75) is 32.5 Å². The van der Waals surface area contributed by atoms with Gasteiger partial charge >= 0.3 is 6.29 Å². The molecule has 3 heterocycles. The van der Waals surface area contributed by atoms with Gasteiger partial charge in [0.05, 0.1) is 22.8 Å². The van der Waals surface area contributed by atoms with Crippen LogP contribution in [0.5, 0.6) is 11.5 Å². The van der Waals surface area contributed by atoms with Crippen LogP contribution < -0.4 is 14.8 Å². The first-order valence-electron chi connectivity index (χ1n) is 10.3. The number of aryl methyl sites for hydroxylation is 1. The minimum Gasteiger partial charge on any atom is -0.395 e. The van der Waals surface area contributed by atoms with E-state index in [0.717, 1.165) is 27.7 Å². The molecule has 33 heavy (non-hydrogen) atoms. The van der Waals surface area contributed by atoms with Crippen molar-refractivity contribution in [3.8, 4) is 22.8 Å². The molecule has 168 valence electrons. The van der Waals surface area contributed by atoms with Crippen LogP contribution in [0, 0.1) is 6.92 Å². The molecule has 0 aliphatic carbocycles. The van der Waals surface area contributed by atoms with E-state index < -0.39 is 11.7 Å². The van der Waals surface area contributed by atoms with Crippen LogP contribution in [0.2, 0.25) is 0 Å². The first kappa shape index (κ1) is 20.9. The highest BCUT2D eigenvalue weighted by Gasteiger charge is 2.44. The second-order valence-electron chi connectivity index (χ2n) is 8.44. The molecule has 0 radical (unpaired) electrons. The van der Waals surface area contributed by atoms with E-state index in [1.54, 1.807) is 32.2 Å². The number of rotatable bonds is 4. The van der Waals surface area contributed by atoms with Crippen molar-refractivity contribution < 1.29 is 23.0 Å². The number of nitrogens with zero attached hydrogens (tertiary/aromatic N) is 2. The Morgan fingerprint density at radius 1 is 1.06 bits per heavy atom. The summed E-state index contributed by atoms with van der Waals surface area (Å²) < 4.78 is 35.7. The second kappa shape index (κ2) is 7.26. The van der Waals surface area contributed by atoms with E-state index in [1.165, 1.54) is 12.1 Å². The van der Waals surface area contributed by atoms with Crippen molar-refractivity contribution in [1.82, 2.24) is 15.2 Å². The number of amides is 1. The molecule has 1 aliphatic rings. The maximum atomic E-state index is 13.4. The molecule has 0 spiro atoms. The lowest BCUT2D eigenvalue weighted by molar-refractivity contribution is -0.286. The second-order valence-corrected chi connectivity index (χ2v) is 8.44. The van der Waals surface area contributed by atoms with Crippen molar-refractivity contribution in [3.05, 3.63) is 65.9 Å². The van der Waals surface area contributed by atoms with Crippen LogP contribution in [-0.4, -0.2) is 27.4 Å². The number of benzene rings is 2. The average molecular weight is 450 g/mol. The molecule has 0 saturated heterocycles. The molecular formula is C24H20F2N4O3. The topological polar surface area (TPSA) is 89.1 Å².